The fourth-order valence-electron chi connectivity index (χ4n) is 2.69. The van der Waals surface area contributed by atoms with Crippen LogP contribution in [0.3, 0.4) is 0 Å². The highest BCUT2D eigenvalue weighted by Gasteiger charge is 2.28. The molecule has 156 valence electrons. The zero-order chi connectivity index (χ0) is 21.6. The SMILES string of the molecule is O=C(COC(=O)c1cn(Cc2ccccc2)nc1-c1ccccc1)NCC(F)(F)F. The number of aromatic nitrogens is 2. The van der Waals surface area contributed by atoms with E-state index in [4.69, 9.17) is 4.74 Å². The first-order valence-corrected chi connectivity index (χ1v) is 8.99. The smallest absolute Gasteiger partial charge is 0.405 e. The minimum atomic E-state index is -4.54. The number of hydrogen-bond acceptors (Lipinski definition) is 4. The van der Waals surface area contributed by atoms with Crippen molar-refractivity contribution in [3.8, 4) is 11.3 Å². The molecule has 0 aliphatic rings. The number of nitrogens with one attached hydrogen (secondary N) is 1. The van der Waals surface area contributed by atoms with Crippen LogP contribution in [0.4, 0.5) is 13.2 Å². The van der Waals surface area contributed by atoms with Gasteiger partial charge < -0.3 is 10.1 Å². The van der Waals surface area contributed by atoms with E-state index in [1.165, 1.54) is 6.20 Å². The van der Waals surface area contributed by atoms with Gasteiger partial charge in [0.25, 0.3) is 5.91 Å². The lowest BCUT2D eigenvalue weighted by Gasteiger charge is -2.08. The van der Waals surface area contributed by atoms with Crippen molar-refractivity contribution in [3.63, 3.8) is 0 Å². The highest BCUT2D eigenvalue weighted by molar-refractivity contribution is 5.97. The molecule has 0 unspecified atom stereocenters. The fraction of sp³-hybridized carbons (Fsp3) is 0.190. The van der Waals surface area contributed by atoms with E-state index in [2.05, 4.69) is 5.10 Å². The Kier molecular flexibility index (Phi) is 6.51. The first-order valence-electron chi connectivity index (χ1n) is 8.99. The van der Waals surface area contributed by atoms with E-state index in [1.807, 2.05) is 36.4 Å². The summed E-state index contributed by atoms with van der Waals surface area (Å²) in [5.41, 5.74) is 2.09. The number of carbonyl (C=O) groups excluding carboxylic acids is 2. The van der Waals surface area contributed by atoms with Crippen LogP contribution in [-0.4, -0.2) is 41.0 Å². The van der Waals surface area contributed by atoms with Gasteiger partial charge in [-0.3, -0.25) is 9.48 Å². The molecule has 0 aliphatic heterocycles. The van der Waals surface area contributed by atoms with Gasteiger partial charge in [0.2, 0.25) is 0 Å². The van der Waals surface area contributed by atoms with E-state index in [1.54, 1.807) is 34.3 Å². The van der Waals surface area contributed by atoms with Gasteiger partial charge in [-0.05, 0) is 5.56 Å². The standard InChI is InChI=1S/C21H18F3N3O3/c22-21(23,24)14-25-18(28)13-30-20(29)17-12-27(11-15-7-3-1-4-8-15)26-19(17)16-9-5-2-6-10-16/h1-10,12H,11,13-14H2,(H,25,28). The van der Waals surface area contributed by atoms with Crippen molar-refractivity contribution in [1.82, 2.24) is 15.1 Å². The molecule has 1 aromatic heterocycles. The number of halogens is 3. The molecule has 0 bridgehead atoms. The molecule has 1 amide bonds. The van der Waals surface area contributed by atoms with Crippen molar-refractivity contribution in [2.24, 2.45) is 0 Å². The number of nitrogens with zero attached hydrogens (tertiary/aromatic N) is 2. The van der Waals surface area contributed by atoms with Crippen molar-refractivity contribution in [3.05, 3.63) is 78.0 Å². The summed E-state index contributed by atoms with van der Waals surface area (Å²) >= 11 is 0. The molecule has 0 fully saturated rings. The van der Waals surface area contributed by atoms with Crippen LogP contribution in [0.5, 0.6) is 0 Å². The minimum absolute atomic E-state index is 0.112. The number of hydrogen-bond donors (Lipinski definition) is 1. The summed E-state index contributed by atoms with van der Waals surface area (Å²) in [5, 5.41) is 6.11. The van der Waals surface area contributed by atoms with Crippen LogP contribution < -0.4 is 5.32 Å². The molecule has 0 aliphatic carbocycles. The zero-order valence-corrected chi connectivity index (χ0v) is 15.7. The molecule has 3 rings (SSSR count). The second-order valence-corrected chi connectivity index (χ2v) is 6.41. The van der Waals surface area contributed by atoms with Crippen LogP contribution in [0.15, 0.2) is 66.9 Å². The average Bonchev–Trinajstić information content (AvgIpc) is 3.15. The second-order valence-electron chi connectivity index (χ2n) is 6.41. The highest BCUT2D eigenvalue weighted by Crippen LogP contribution is 2.23. The summed E-state index contributed by atoms with van der Waals surface area (Å²) in [6.07, 6.45) is -3.05. The molecule has 3 aromatic rings. The number of amides is 1. The Balaban J connectivity index is 1.76. The second kappa shape index (κ2) is 9.25. The van der Waals surface area contributed by atoms with Gasteiger partial charge in [-0.25, -0.2) is 4.79 Å². The van der Waals surface area contributed by atoms with Gasteiger partial charge in [-0.1, -0.05) is 60.7 Å². The van der Waals surface area contributed by atoms with Crippen LogP contribution in [0.1, 0.15) is 15.9 Å². The summed E-state index contributed by atoms with van der Waals surface area (Å²) in [7, 11) is 0. The largest absolute Gasteiger partial charge is 0.452 e. The number of rotatable bonds is 7. The van der Waals surface area contributed by atoms with Crippen molar-refractivity contribution in [2.45, 2.75) is 12.7 Å². The van der Waals surface area contributed by atoms with E-state index in [-0.39, 0.29) is 5.56 Å². The van der Waals surface area contributed by atoms with E-state index in [0.717, 1.165) is 5.56 Å². The highest BCUT2D eigenvalue weighted by atomic mass is 19.4. The topological polar surface area (TPSA) is 73.2 Å². The van der Waals surface area contributed by atoms with Gasteiger partial charge in [0.05, 0.1) is 6.54 Å². The van der Waals surface area contributed by atoms with Crippen LogP contribution >= 0.6 is 0 Å². The Bertz CT molecular complexity index is 1000. The van der Waals surface area contributed by atoms with Crippen molar-refractivity contribution < 1.29 is 27.5 Å². The maximum Gasteiger partial charge on any atom is 0.405 e. The first-order chi connectivity index (χ1) is 14.3. The molecule has 0 saturated carbocycles. The summed E-state index contributed by atoms with van der Waals surface area (Å²) < 4.78 is 43.0. The van der Waals surface area contributed by atoms with Crippen LogP contribution in [0.25, 0.3) is 11.3 Å². The van der Waals surface area contributed by atoms with Crippen LogP contribution in [0, 0.1) is 0 Å². The van der Waals surface area contributed by atoms with E-state index >= 15 is 0 Å². The number of benzene rings is 2. The summed E-state index contributed by atoms with van der Waals surface area (Å²) in [5.74, 6) is -1.89. The molecule has 6 nitrogen and oxygen atoms in total. The van der Waals surface area contributed by atoms with Gasteiger partial charge in [0.15, 0.2) is 6.61 Å². The molecule has 0 saturated heterocycles. The van der Waals surface area contributed by atoms with E-state index in [9.17, 15) is 22.8 Å². The average molecular weight is 417 g/mol. The third kappa shape index (κ3) is 5.94. The van der Waals surface area contributed by atoms with E-state index < -0.39 is 31.2 Å². The monoisotopic (exact) mass is 417 g/mol. The van der Waals surface area contributed by atoms with Crippen molar-refractivity contribution in [2.75, 3.05) is 13.2 Å². The van der Waals surface area contributed by atoms with Crippen molar-refractivity contribution >= 4 is 11.9 Å². The predicted octanol–water partition coefficient (Wildman–Crippen LogP) is 3.43. The van der Waals surface area contributed by atoms with Gasteiger partial charge in [0.1, 0.15) is 17.8 Å². The summed E-state index contributed by atoms with van der Waals surface area (Å²) in [6.45, 7) is -1.92. The fourth-order valence-corrected chi connectivity index (χ4v) is 2.69. The molecule has 0 spiro atoms. The molecule has 2 aromatic carbocycles. The third-order valence-electron chi connectivity index (χ3n) is 4.04. The minimum Gasteiger partial charge on any atom is -0.452 e. The molecular weight excluding hydrogens is 399 g/mol. The quantitative estimate of drug-likeness (QED) is 0.598. The molecular formula is C21H18F3N3O3. The number of carbonyl (C=O) groups is 2. The molecule has 1 N–H and O–H groups in total. The van der Waals surface area contributed by atoms with Gasteiger partial charge in [-0.15, -0.1) is 0 Å². The van der Waals surface area contributed by atoms with Gasteiger partial charge in [0, 0.05) is 11.8 Å². The van der Waals surface area contributed by atoms with Gasteiger partial charge >= 0.3 is 12.1 Å². The molecule has 1 heterocycles. The lowest BCUT2D eigenvalue weighted by atomic mass is 10.1. The third-order valence-corrected chi connectivity index (χ3v) is 4.04. The first kappa shape index (κ1) is 21.1. The Morgan fingerprint density at radius 1 is 1.00 bits per heavy atom. The number of ether oxygens (including phenoxy) is 1. The zero-order valence-electron chi connectivity index (χ0n) is 15.7. The maximum atomic E-state index is 12.5. The lowest BCUT2D eigenvalue weighted by molar-refractivity contribution is -0.140. The normalized spacial score (nSPS) is 11.2. The molecule has 0 atom stereocenters. The van der Waals surface area contributed by atoms with Gasteiger partial charge in [-0.2, -0.15) is 18.3 Å². The Hall–Kier alpha value is -3.62. The Morgan fingerprint density at radius 2 is 1.63 bits per heavy atom. The Morgan fingerprint density at radius 3 is 2.27 bits per heavy atom. The molecule has 0 radical (unpaired) electrons. The lowest BCUT2D eigenvalue weighted by Crippen LogP contribution is -2.36. The van der Waals surface area contributed by atoms with Crippen molar-refractivity contribution in [1.29, 1.82) is 0 Å². The maximum absolute atomic E-state index is 12.5. The number of alkyl halides is 3. The Labute approximate surface area is 170 Å². The molecule has 9 heteroatoms. The summed E-state index contributed by atoms with van der Waals surface area (Å²) in [4.78, 5) is 24.1. The van der Waals surface area contributed by atoms with Crippen LogP contribution in [0.2, 0.25) is 0 Å². The van der Waals surface area contributed by atoms with E-state index in [0.29, 0.717) is 17.8 Å². The van der Waals surface area contributed by atoms with Crippen LogP contribution in [-0.2, 0) is 16.1 Å². The summed E-state index contributed by atoms with van der Waals surface area (Å²) in [6, 6.07) is 18.4. The molecule has 30 heavy (non-hydrogen) atoms. The number of esters is 1. The predicted molar refractivity (Wildman–Crippen MR) is 103 cm³/mol.